The van der Waals surface area contributed by atoms with E-state index in [-0.39, 0.29) is 0 Å². The molecular weight excluding hydrogens is 172 g/mol. The second kappa shape index (κ2) is 4.65. The Kier molecular flexibility index (Phi) is 4.00. The molecule has 1 aliphatic rings. The lowest BCUT2D eigenvalue weighted by Crippen LogP contribution is -2.38. The van der Waals surface area contributed by atoms with Crippen molar-refractivity contribution < 1.29 is 5.11 Å². The molecule has 0 heterocycles. The molecule has 0 bridgehead atoms. The van der Waals surface area contributed by atoms with Crippen LogP contribution in [0.2, 0.25) is 0 Å². The topological polar surface area (TPSA) is 20.2 Å². The van der Waals surface area contributed by atoms with Gasteiger partial charge >= 0.3 is 0 Å². The van der Waals surface area contributed by atoms with E-state index in [1.165, 1.54) is 19.3 Å². The number of aliphatic hydroxyl groups is 1. The third-order valence-electron chi connectivity index (χ3n) is 4.23. The third-order valence-corrected chi connectivity index (χ3v) is 4.23. The molecule has 4 atom stereocenters. The van der Waals surface area contributed by atoms with Crippen LogP contribution in [0.5, 0.6) is 0 Å². The molecule has 14 heavy (non-hydrogen) atoms. The van der Waals surface area contributed by atoms with Gasteiger partial charge in [0, 0.05) is 0 Å². The molecule has 0 radical (unpaired) electrons. The lowest BCUT2D eigenvalue weighted by atomic mass is 9.69. The molecule has 4 unspecified atom stereocenters. The van der Waals surface area contributed by atoms with Crippen LogP contribution >= 0.6 is 0 Å². The first-order valence-corrected chi connectivity index (χ1v) is 6.19. The van der Waals surface area contributed by atoms with E-state index in [9.17, 15) is 5.11 Å². The van der Waals surface area contributed by atoms with E-state index in [0.29, 0.717) is 5.92 Å². The van der Waals surface area contributed by atoms with Crippen LogP contribution in [-0.2, 0) is 0 Å². The van der Waals surface area contributed by atoms with Gasteiger partial charge in [-0.2, -0.15) is 0 Å². The van der Waals surface area contributed by atoms with Crippen molar-refractivity contribution in [2.45, 2.75) is 65.4 Å². The summed E-state index contributed by atoms with van der Waals surface area (Å²) in [5.41, 5.74) is -0.414. The van der Waals surface area contributed by atoms with Crippen molar-refractivity contribution in [1.29, 1.82) is 0 Å². The van der Waals surface area contributed by atoms with Crippen LogP contribution in [0.1, 0.15) is 59.8 Å². The Balaban J connectivity index is 2.53. The quantitative estimate of drug-likeness (QED) is 0.734. The molecule has 0 aromatic rings. The monoisotopic (exact) mass is 198 g/mol. The average molecular weight is 198 g/mol. The van der Waals surface area contributed by atoms with Gasteiger partial charge in [0.1, 0.15) is 0 Å². The van der Waals surface area contributed by atoms with Gasteiger partial charge < -0.3 is 5.11 Å². The molecule has 0 spiro atoms. The van der Waals surface area contributed by atoms with Crippen LogP contribution in [0.4, 0.5) is 0 Å². The molecule has 0 aromatic heterocycles. The minimum Gasteiger partial charge on any atom is -0.390 e. The van der Waals surface area contributed by atoms with Gasteiger partial charge in [-0.15, -0.1) is 0 Å². The second-order valence-electron chi connectivity index (χ2n) is 5.57. The van der Waals surface area contributed by atoms with E-state index in [1.54, 1.807) is 0 Å². The summed E-state index contributed by atoms with van der Waals surface area (Å²) in [7, 11) is 0. The molecule has 1 N–H and O–H groups in total. The van der Waals surface area contributed by atoms with Crippen molar-refractivity contribution in [3.05, 3.63) is 0 Å². The molecule has 1 aliphatic carbocycles. The SMILES string of the molecule is CCCC(C)(O)C1CCC(C)C(C)C1. The van der Waals surface area contributed by atoms with Gasteiger partial charge in [-0.1, -0.05) is 33.6 Å². The van der Waals surface area contributed by atoms with E-state index >= 15 is 0 Å². The summed E-state index contributed by atoms with van der Waals surface area (Å²) in [6.07, 6.45) is 5.78. The van der Waals surface area contributed by atoms with Gasteiger partial charge in [0.05, 0.1) is 5.60 Å². The lowest BCUT2D eigenvalue weighted by Gasteiger charge is -2.40. The summed E-state index contributed by atoms with van der Waals surface area (Å²) in [6, 6.07) is 0. The number of hydrogen-bond donors (Lipinski definition) is 1. The Morgan fingerprint density at radius 3 is 2.36 bits per heavy atom. The Bertz CT molecular complexity index is 174. The molecule has 1 nitrogen and oxygen atoms in total. The van der Waals surface area contributed by atoms with Gasteiger partial charge in [0.15, 0.2) is 0 Å². The lowest BCUT2D eigenvalue weighted by molar-refractivity contribution is -0.0387. The average Bonchev–Trinajstić information content (AvgIpc) is 2.09. The Labute approximate surface area is 88.9 Å². The minimum atomic E-state index is -0.414. The molecule has 0 amide bonds. The number of rotatable bonds is 3. The Hall–Kier alpha value is -0.0400. The van der Waals surface area contributed by atoms with Crippen molar-refractivity contribution >= 4 is 0 Å². The van der Waals surface area contributed by atoms with Crippen LogP contribution in [0.3, 0.4) is 0 Å². The molecule has 0 saturated heterocycles. The van der Waals surface area contributed by atoms with E-state index in [1.807, 2.05) is 6.92 Å². The fraction of sp³-hybridized carbons (Fsp3) is 1.00. The largest absolute Gasteiger partial charge is 0.390 e. The predicted octanol–water partition coefficient (Wildman–Crippen LogP) is 3.61. The van der Waals surface area contributed by atoms with Crippen LogP contribution in [0, 0.1) is 17.8 Å². The molecule has 1 heteroatoms. The Morgan fingerprint density at radius 1 is 1.21 bits per heavy atom. The summed E-state index contributed by atoms with van der Waals surface area (Å²) in [6.45, 7) is 8.86. The fourth-order valence-corrected chi connectivity index (χ4v) is 2.82. The summed E-state index contributed by atoms with van der Waals surface area (Å²) in [5.74, 6) is 2.18. The highest BCUT2D eigenvalue weighted by molar-refractivity contribution is 4.87. The standard InChI is InChI=1S/C13H26O/c1-5-8-13(4,14)12-7-6-10(2)11(3)9-12/h10-12,14H,5-9H2,1-4H3. The van der Waals surface area contributed by atoms with E-state index in [2.05, 4.69) is 20.8 Å². The van der Waals surface area contributed by atoms with Gasteiger partial charge in [-0.05, 0) is 43.9 Å². The van der Waals surface area contributed by atoms with Gasteiger partial charge in [-0.25, -0.2) is 0 Å². The van der Waals surface area contributed by atoms with Crippen molar-refractivity contribution in [3.8, 4) is 0 Å². The van der Waals surface area contributed by atoms with Gasteiger partial charge in [0.25, 0.3) is 0 Å². The van der Waals surface area contributed by atoms with Crippen molar-refractivity contribution in [1.82, 2.24) is 0 Å². The summed E-state index contributed by atoms with van der Waals surface area (Å²) in [5, 5.41) is 10.3. The van der Waals surface area contributed by atoms with E-state index in [4.69, 9.17) is 0 Å². The van der Waals surface area contributed by atoms with E-state index in [0.717, 1.165) is 24.7 Å². The van der Waals surface area contributed by atoms with Gasteiger partial charge in [0.2, 0.25) is 0 Å². The maximum atomic E-state index is 10.3. The Morgan fingerprint density at radius 2 is 1.86 bits per heavy atom. The summed E-state index contributed by atoms with van der Waals surface area (Å²) in [4.78, 5) is 0. The van der Waals surface area contributed by atoms with Crippen LogP contribution in [-0.4, -0.2) is 10.7 Å². The maximum Gasteiger partial charge on any atom is 0.0647 e. The normalized spacial score (nSPS) is 37.9. The minimum absolute atomic E-state index is 0.414. The molecule has 0 aliphatic heterocycles. The van der Waals surface area contributed by atoms with E-state index < -0.39 is 5.60 Å². The molecule has 0 aromatic carbocycles. The fourth-order valence-electron chi connectivity index (χ4n) is 2.82. The zero-order chi connectivity index (χ0) is 10.8. The molecular formula is C13H26O. The second-order valence-corrected chi connectivity index (χ2v) is 5.57. The van der Waals surface area contributed by atoms with Crippen LogP contribution in [0.25, 0.3) is 0 Å². The highest BCUT2D eigenvalue weighted by Gasteiger charge is 2.35. The first kappa shape index (κ1) is 12.0. The number of hydrogen-bond acceptors (Lipinski definition) is 1. The predicted molar refractivity (Wildman–Crippen MR) is 61.2 cm³/mol. The smallest absolute Gasteiger partial charge is 0.0647 e. The molecule has 1 saturated carbocycles. The van der Waals surface area contributed by atoms with Crippen molar-refractivity contribution in [3.63, 3.8) is 0 Å². The summed E-state index contributed by atoms with van der Waals surface area (Å²) >= 11 is 0. The van der Waals surface area contributed by atoms with Crippen molar-refractivity contribution in [2.75, 3.05) is 0 Å². The highest BCUT2D eigenvalue weighted by Crippen LogP contribution is 2.40. The van der Waals surface area contributed by atoms with Crippen LogP contribution in [0.15, 0.2) is 0 Å². The maximum absolute atomic E-state index is 10.3. The molecule has 1 fully saturated rings. The zero-order valence-electron chi connectivity index (χ0n) is 10.2. The zero-order valence-corrected chi connectivity index (χ0v) is 10.2. The van der Waals surface area contributed by atoms with Crippen molar-refractivity contribution in [2.24, 2.45) is 17.8 Å². The first-order chi connectivity index (χ1) is 6.47. The highest BCUT2D eigenvalue weighted by atomic mass is 16.3. The molecule has 1 rings (SSSR count). The first-order valence-electron chi connectivity index (χ1n) is 6.19. The van der Waals surface area contributed by atoms with Crippen LogP contribution < -0.4 is 0 Å². The molecule has 84 valence electrons. The summed E-state index contributed by atoms with van der Waals surface area (Å²) < 4.78 is 0. The third kappa shape index (κ3) is 2.73. The van der Waals surface area contributed by atoms with Gasteiger partial charge in [-0.3, -0.25) is 0 Å².